The molecule has 20 heavy (non-hydrogen) atoms. The molecule has 0 aliphatic rings. The van der Waals surface area contributed by atoms with Crippen molar-refractivity contribution in [1.29, 1.82) is 0 Å². The molecule has 0 bridgehead atoms. The van der Waals surface area contributed by atoms with Crippen LogP contribution in [0, 0.1) is 12.8 Å². The number of halogens is 2. The van der Waals surface area contributed by atoms with Crippen LogP contribution >= 0.6 is 22.3 Å². The summed E-state index contributed by atoms with van der Waals surface area (Å²) in [6.45, 7) is 6.09. The van der Waals surface area contributed by atoms with E-state index >= 15 is 0 Å². The molecule has 0 saturated heterocycles. The largest absolute Gasteiger partial charge is 0.352 e. The molecule has 1 aromatic rings. The van der Waals surface area contributed by atoms with Gasteiger partial charge in [0, 0.05) is 27.8 Å². The predicted molar refractivity (Wildman–Crippen MR) is 81.0 cm³/mol. The summed E-state index contributed by atoms with van der Waals surface area (Å²) in [5, 5.41) is 2.93. The number of carbonyl (C=O) groups is 1. The van der Waals surface area contributed by atoms with E-state index in [1.807, 2.05) is 13.8 Å². The second-order valence-electron chi connectivity index (χ2n) is 4.74. The Bertz CT molecular complexity index is 614. The van der Waals surface area contributed by atoms with Crippen LogP contribution in [0.5, 0.6) is 0 Å². The fraction of sp³-hybridized carbons (Fsp3) is 0.462. The zero-order valence-corrected chi connectivity index (χ0v) is 13.9. The third kappa shape index (κ3) is 4.36. The minimum atomic E-state index is -3.94. The zero-order valence-electron chi connectivity index (χ0n) is 11.5. The molecule has 1 unspecified atom stereocenters. The maximum atomic E-state index is 12.0. The number of nitrogens with one attached hydrogen (secondary N) is 1. The summed E-state index contributed by atoms with van der Waals surface area (Å²) in [6, 6.07) is 2.68. The quantitative estimate of drug-likeness (QED) is 0.838. The van der Waals surface area contributed by atoms with Gasteiger partial charge in [0.05, 0.1) is 4.90 Å². The number of rotatable bonds is 5. The summed E-state index contributed by atoms with van der Waals surface area (Å²) in [5.74, 6) is -0.0233. The molecule has 112 valence electrons. The van der Waals surface area contributed by atoms with Crippen molar-refractivity contribution in [2.45, 2.75) is 32.1 Å². The third-order valence-corrected chi connectivity index (χ3v) is 4.97. The van der Waals surface area contributed by atoms with Gasteiger partial charge in [-0.3, -0.25) is 4.79 Å². The molecular weight excluding hydrogens is 321 g/mol. The third-order valence-electron chi connectivity index (χ3n) is 3.13. The lowest BCUT2D eigenvalue weighted by atomic mass is 10.1. The van der Waals surface area contributed by atoms with Crippen molar-refractivity contribution in [2.75, 3.05) is 6.54 Å². The van der Waals surface area contributed by atoms with Crippen molar-refractivity contribution in [3.63, 3.8) is 0 Å². The zero-order chi connectivity index (χ0) is 15.5. The van der Waals surface area contributed by atoms with Crippen molar-refractivity contribution in [2.24, 2.45) is 5.92 Å². The second kappa shape index (κ2) is 6.78. The van der Waals surface area contributed by atoms with Gasteiger partial charge >= 0.3 is 0 Å². The van der Waals surface area contributed by atoms with E-state index in [9.17, 15) is 13.2 Å². The van der Waals surface area contributed by atoms with Gasteiger partial charge in [0.1, 0.15) is 0 Å². The average molecular weight is 338 g/mol. The lowest BCUT2D eigenvalue weighted by Gasteiger charge is -2.12. The van der Waals surface area contributed by atoms with Gasteiger partial charge in [-0.25, -0.2) is 8.42 Å². The number of amides is 1. The molecule has 1 aromatic carbocycles. The Morgan fingerprint density at radius 1 is 1.40 bits per heavy atom. The van der Waals surface area contributed by atoms with Crippen LogP contribution in [0.25, 0.3) is 0 Å². The Balaban J connectivity index is 3.09. The maximum absolute atomic E-state index is 12.0. The van der Waals surface area contributed by atoms with E-state index in [0.29, 0.717) is 18.0 Å². The first kappa shape index (κ1) is 17.3. The van der Waals surface area contributed by atoms with Crippen LogP contribution in [-0.2, 0) is 9.05 Å². The highest BCUT2D eigenvalue weighted by Gasteiger charge is 2.19. The van der Waals surface area contributed by atoms with E-state index in [2.05, 4.69) is 5.32 Å². The van der Waals surface area contributed by atoms with Crippen LogP contribution in [-0.4, -0.2) is 20.9 Å². The molecule has 1 atom stereocenters. The highest BCUT2D eigenvalue weighted by molar-refractivity contribution is 8.13. The van der Waals surface area contributed by atoms with Crippen LogP contribution in [0.4, 0.5) is 0 Å². The Morgan fingerprint density at radius 3 is 2.50 bits per heavy atom. The molecule has 0 heterocycles. The SMILES string of the molecule is CCC(C)CNC(=O)c1cc(Cl)c(C)c(S(=O)(=O)Cl)c1. The fourth-order valence-corrected chi connectivity index (χ4v) is 3.05. The smallest absolute Gasteiger partial charge is 0.261 e. The van der Waals surface area contributed by atoms with Gasteiger partial charge in [0.25, 0.3) is 15.0 Å². The molecule has 0 saturated carbocycles. The minimum Gasteiger partial charge on any atom is -0.352 e. The summed E-state index contributed by atoms with van der Waals surface area (Å²) in [5.41, 5.74) is 0.517. The minimum absolute atomic E-state index is 0.139. The van der Waals surface area contributed by atoms with Gasteiger partial charge in [-0.05, 0) is 30.5 Å². The van der Waals surface area contributed by atoms with Crippen LogP contribution < -0.4 is 5.32 Å². The molecule has 0 fully saturated rings. The van der Waals surface area contributed by atoms with Gasteiger partial charge in [-0.2, -0.15) is 0 Å². The molecule has 0 radical (unpaired) electrons. The normalized spacial score (nSPS) is 13.1. The summed E-state index contributed by atoms with van der Waals surface area (Å²) in [4.78, 5) is 11.9. The van der Waals surface area contributed by atoms with Crippen molar-refractivity contribution >= 4 is 37.2 Å². The van der Waals surface area contributed by atoms with Crippen LogP contribution in [0.1, 0.15) is 36.2 Å². The first-order valence-corrected chi connectivity index (χ1v) is 8.88. The van der Waals surface area contributed by atoms with E-state index in [-0.39, 0.29) is 21.4 Å². The monoisotopic (exact) mass is 337 g/mol. The van der Waals surface area contributed by atoms with Crippen molar-refractivity contribution in [1.82, 2.24) is 5.32 Å². The topological polar surface area (TPSA) is 63.2 Å². The van der Waals surface area contributed by atoms with Gasteiger partial charge in [-0.1, -0.05) is 31.9 Å². The standard InChI is InChI=1S/C13H17Cl2NO3S/c1-4-8(2)7-16-13(17)10-5-11(14)9(3)12(6-10)20(15,18)19/h5-6,8H,4,7H2,1-3H3,(H,16,17). The fourth-order valence-electron chi connectivity index (χ4n) is 1.55. The molecule has 0 aromatic heterocycles. The van der Waals surface area contributed by atoms with Crippen molar-refractivity contribution in [3.8, 4) is 0 Å². The van der Waals surface area contributed by atoms with E-state index in [1.54, 1.807) is 6.92 Å². The molecule has 7 heteroatoms. The molecule has 0 aliphatic heterocycles. The lowest BCUT2D eigenvalue weighted by molar-refractivity contribution is 0.0947. The molecule has 1 amide bonds. The van der Waals surface area contributed by atoms with Gasteiger partial charge in [0.2, 0.25) is 0 Å². The lowest BCUT2D eigenvalue weighted by Crippen LogP contribution is -2.28. The molecule has 0 spiro atoms. The first-order valence-electron chi connectivity index (χ1n) is 6.19. The number of hydrogen-bond acceptors (Lipinski definition) is 3. The van der Waals surface area contributed by atoms with Gasteiger partial charge in [0.15, 0.2) is 0 Å². The van der Waals surface area contributed by atoms with Crippen molar-refractivity contribution < 1.29 is 13.2 Å². The molecule has 1 N–H and O–H groups in total. The first-order chi connectivity index (χ1) is 9.16. The van der Waals surface area contributed by atoms with Crippen LogP contribution in [0.15, 0.2) is 17.0 Å². The van der Waals surface area contributed by atoms with E-state index < -0.39 is 9.05 Å². The summed E-state index contributed by atoms with van der Waals surface area (Å²) in [6.07, 6.45) is 0.941. The van der Waals surface area contributed by atoms with Crippen LogP contribution in [0.3, 0.4) is 0 Å². The Morgan fingerprint density at radius 2 is 2.00 bits per heavy atom. The highest BCUT2D eigenvalue weighted by atomic mass is 35.7. The van der Waals surface area contributed by atoms with E-state index in [0.717, 1.165) is 6.42 Å². The maximum Gasteiger partial charge on any atom is 0.261 e. The Hall–Kier alpha value is -0.780. The average Bonchev–Trinajstić information content (AvgIpc) is 2.36. The second-order valence-corrected chi connectivity index (χ2v) is 7.68. The molecule has 4 nitrogen and oxygen atoms in total. The Kier molecular flexibility index (Phi) is 5.86. The van der Waals surface area contributed by atoms with Crippen molar-refractivity contribution in [3.05, 3.63) is 28.3 Å². The summed E-state index contributed by atoms with van der Waals surface area (Å²) < 4.78 is 22.9. The number of hydrogen-bond donors (Lipinski definition) is 1. The van der Waals surface area contributed by atoms with Gasteiger partial charge in [-0.15, -0.1) is 0 Å². The van der Waals surface area contributed by atoms with E-state index in [1.165, 1.54) is 12.1 Å². The summed E-state index contributed by atoms with van der Waals surface area (Å²) >= 11 is 5.96. The van der Waals surface area contributed by atoms with Gasteiger partial charge < -0.3 is 5.32 Å². The summed E-state index contributed by atoms with van der Waals surface area (Å²) in [7, 11) is 1.40. The molecule has 0 aliphatic carbocycles. The van der Waals surface area contributed by atoms with E-state index in [4.69, 9.17) is 22.3 Å². The molecular formula is C13H17Cl2NO3S. The predicted octanol–water partition coefficient (Wildman–Crippen LogP) is 3.35. The number of carbonyl (C=O) groups excluding carboxylic acids is 1. The molecule has 1 rings (SSSR count). The number of benzene rings is 1. The highest BCUT2D eigenvalue weighted by Crippen LogP contribution is 2.27. The Labute approximate surface area is 128 Å². The van der Waals surface area contributed by atoms with Crippen LogP contribution in [0.2, 0.25) is 5.02 Å².